The highest BCUT2D eigenvalue weighted by Crippen LogP contribution is 2.21. The molecule has 4 nitrogen and oxygen atoms in total. The first-order valence-electron chi connectivity index (χ1n) is 4.69. The molecule has 0 fully saturated rings. The Bertz CT molecular complexity index is 414. The lowest BCUT2D eigenvalue weighted by Crippen LogP contribution is -2.38. The minimum atomic E-state index is -0.568. The summed E-state index contributed by atoms with van der Waals surface area (Å²) in [6, 6.07) is 6.89. The van der Waals surface area contributed by atoms with Gasteiger partial charge in [0.2, 0.25) is 0 Å². The van der Waals surface area contributed by atoms with E-state index in [-0.39, 0.29) is 5.78 Å². The molecule has 0 spiro atoms. The number of carbonyl (C=O) groups is 2. The van der Waals surface area contributed by atoms with E-state index >= 15 is 0 Å². The minimum absolute atomic E-state index is 0.0454. The predicted octanol–water partition coefficient (Wildman–Crippen LogP) is 1.15. The number of benzene rings is 1. The van der Waals surface area contributed by atoms with Gasteiger partial charge in [-0.1, -0.05) is 24.3 Å². The average molecular weight is 205 g/mol. The van der Waals surface area contributed by atoms with Crippen LogP contribution < -0.4 is 5.32 Å². The Morgan fingerprint density at radius 2 is 2.20 bits per heavy atom. The maximum absolute atomic E-state index is 11.8. The van der Waals surface area contributed by atoms with E-state index in [0.717, 1.165) is 5.56 Å². The number of Topliss-reactive ketones (excluding diaryl/α,β-unsaturated/α-hetero) is 1. The molecule has 78 valence electrons. The van der Waals surface area contributed by atoms with Crippen LogP contribution in [0.5, 0.6) is 0 Å². The van der Waals surface area contributed by atoms with Gasteiger partial charge in [-0.05, 0) is 5.56 Å². The number of ether oxygens (including phenoxy) is 1. The lowest BCUT2D eigenvalue weighted by molar-refractivity contribution is 0.0947. The van der Waals surface area contributed by atoms with Gasteiger partial charge < -0.3 is 10.1 Å². The molecule has 1 aromatic rings. The molecule has 0 aliphatic heterocycles. The Balaban J connectivity index is 2.17. The standard InChI is InChI=1S/C11H11NO3/c1-15-11(14)12-9-6-7-4-2-3-5-8(7)10(9)13/h2-5,9H,6H2,1H3,(H,12,14). The highest BCUT2D eigenvalue weighted by atomic mass is 16.5. The molecule has 0 saturated carbocycles. The number of hydrogen-bond donors (Lipinski definition) is 1. The molecule has 1 N–H and O–H groups in total. The monoisotopic (exact) mass is 205 g/mol. The van der Waals surface area contributed by atoms with Crippen molar-refractivity contribution in [2.45, 2.75) is 12.5 Å². The van der Waals surface area contributed by atoms with Gasteiger partial charge in [0.15, 0.2) is 5.78 Å². The third kappa shape index (κ3) is 1.70. The number of nitrogens with one attached hydrogen (secondary N) is 1. The van der Waals surface area contributed by atoms with E-state index in [1.807, 2.05) is 18.2 Å². The van der Waals surface area contributed by atoms with Crippen LogP contribution in [-0.2, 0) is 11.2 Å². The van der Waals surface area contributed by atoms with Crippen LogP contribution in [0, 0.1) is 0 Å². The second-order valence-electron chi connectivity index (χ2n) is 3.41. The van der Waals surface area contributed by atoms with Crippen molar-refractivity contribution in [1.82, 2.24) is 5.32 Å². The first-order valence-corrected chi connectivity index (χ1v) is 4.69. The van der Waals surface area contributed by atoms with Crippen molar-refractivity contribution >= 4 is 11.9 Å². The number of fused-ring (bicyclic) bond motifs is 1. The molecule has 1 aliphatic rings. The van der Waals surface area contributed by atoms with E-state index in [1.165, 1.54) is 7.11 Å². The van der Waals surface area contributed by atoms with Gasteiger partial charge in [-0.2, -0.15) is 0 Å². The molecular formula is C11H11NO3. The second kappa shape index (κ2) is 3.73. The molecule has 1 unspecified atom stereocenters. The molecule has 0 aromatic heterocycles. The van der Waals surface area contributed by atoms with Crippen LogP contribution in [0.3, 0.4) is 0 Å². The fourth-order valence-electron chi connectivity index (χ4n) is 1.76. The van der Waals surface area contributed by atoms with Crippen molar-refractivity contribution in [2.24, 2.45) is 0 Å². The Kier molecular flexibility index (Phi) is 2.41. The molecular weight excluding hydrogens is 194 g/mol. The number of rotatable bonds is 1. The van der Waals surface area contributed by atoms with Crippen LogP contribution in [0.2, 0.25) is 0 Å². The lowest BCUT2D eigenvalue weighted by atomic mass is 10.1. The van der Waals surface area contributed by atoms with Crippen molar-refractivity contribution in [1.29, 1.82) is 0 Å². The summed E-state index contributed by atoms with van der Waals surface area (Å²) in [5, 5.41) is 2.51. The molecule has 4 heteroatoms. The lowest BCUT2D eigenvalue weighted by Gasteiger charge is -2.08. The van der Waals surface area contributed by atoms with E-state index in [2.05, 4.69) is 10.1 Å². The molecule has 1 atom stereocenters. The summed E-state index contributed by atoms with van der Waals surface area (Å²) in [5.74, 6) is -0.0454. The molecule has 0 radical (unpaired) electrons. The Labute approximate surface area is 87.2 Å². The van der Waals surface area contributed by atoms with E-state index in [1.54, 1.807) is 6.07 Å². The predicted molar refractivity (Wildman–Crippen MR) is 53.8 cm³/mol. The van der Waals surface area contributed by atoms with Gasteiger partial charge in [-0.25, -0.2) is 4.79 Å². The molecule has 1 aromatic carbocycles. The van der Waals surface area contributed by atoms with E-state index in [4.69, 9.17) is 0 Å². The summed E-state index contributed by atoms with van der Waals surface area (Å²) in [4.78, 5) is 22.8. The molecule has 1 aliphatic carbocycles. The van der Waals surface area contributed by atoms with Crippen LogP contribution in [0.25, 0.3) is 0 Å². The van der Waals surface area contributed by atoms with Crippen molar-refractivity contribution in [3.8, 4) is 0 Å². The van der Waals surface area contributed by atoms with Gasteiger partial charge in [-0.15, -0.1) is 0 Å². The summed E-state index contributed by atoms with van der Waals surface area (Å²) in [6.07, 6.45) is -0.0226. The second-order valence-corrected chi connectivity index (χ2v) is 3.41. The molecule has 15 heavy (non-hydrogen) atoms. The molecule has 0 bridgehead atoms. The molecule has 1 amide bonds. The van der Waals surface area contributed by atoms with Gasteiger partial charge in [0.1, 0.15) is 0 Å². The maximum Gasteiger partial charge on any atom is 0.407 e. The average Bonchev–Trinajstić information content (AvgIpc) is 2.57. The third-order valence-electron chi connectivity index (χ3n) is 2.50. The quantitative estimate of drug-likeness (QED) is 0.748. The smallest absolute Gasteiger partial charge is 0.407 e. The number of carbonyl (C=O) groups excluding carboxylic acids is 2. The summed E-state index contributed by atoms with van der Waals surface area (Å²) >= 11 is 0. The van der Waals surface area contributed by atoms with Crippen molar-refractivity contribution < 1.29 is 14.3 Å². The number of methoxy groups -OCH3 is 1. The Hall–Kier alpha value is -1.84. The van der Waals surface area contributed by atoms with Gasteiger partial charge in [0, 0.05) is 12.0 Å². The zero-order chi connectivity index (χ0) is 10.8. The maximum atomic E-state index is 11.8. The Morgan fingerprint density at radius 1 is 1.47 bits per heavy atom. The fraction of sp³-hybridized carbons (Fsp3) is 0.273. The summed E-state index contributed by atoms with van der Waals surface area (Å²) < 4.78 is 4.46. The first kappa shape index (κ1) is 9.71. The normalized spacial score (nSPS) is 18.5. The SMILES string of the molecule is COC(=O)NC1Cc2ccccc2C1=O. The molecule has 0 saturated heterocycles. The van der Waals surface area contributed by atoms with E-state index in [0.29, 0.717) is 12.0 Å². The van der Waals surface area contributed by atoms with Gasteiger partial charge in [0.05, 0.1) is 13.2 Å². The van der Waals surface area contributed by atoms with Gasteiger partial charge in [-0.3, -0.25) is 4.79 Å². The summed E-state index contributed by atoms with van der Waals surface area (Å²) in [5.41, 5.74) is 1.67. The van der Waals surface area contributed by atoms with Gasteiger partial charge in [0.25, 0.3) is 0 Å². The number of amides is 1. The van der Waals surface area contributed by atoms with Crippen LogP contribution in [-0.4, -0.2) is 25.0 Å². The van der Waals surface area contributed by atoms with Crippen molar-refractivity contribution in [2.75, 3.05) is 7.11 Å². The van der Waals surface area contributed by atoms with E-state index in [9.17, 15) is 9.59 Å². The highest BCUT2D eigenvalue weighted by molar-refractivity contribution is 6.05. The van der Waals surface area contributed by atoms with Gasteiger partial charge >= 0.3 is 6.09 Å². The number of hydrogen-bond acceptors (Lipinski definition) is 3. The molecule has 2 rings (SSSR count). The topological polar surface area (TPSA) is 55.4 Å². The Morgan fingerprint density at radius 3 is 2.87 bits per heavy atom. The fourth-order valence-corrected chi connectivity index (χ4v) is 1.76. The number of ketones is 1. The highest BCUT2D eigenvalue weighted by Gasteiger charge is 2.31. The van der Waals surface area contributed by atoms with Crippen molar-refractivity contribution in [3.63, 3.8) is 0 Å². The number of alkyl carbamates (subject to hydrolysis) is 1. The zero-order valence-corrected chi connectivity index (χ0v) is 8.32. The largest absolute Gasteiger partial charge is 0.453 e. The van der Waals surface area contributed by atoms with Crippen LogP contribution in [0.4, 0.5) is 4.79 Å². The van der Waals surface area contributed by atoms with E-state index < -0.39 is 12.1 Å². The zero-order valence-electron chi connectivity index (χ0n) is 8.32. The van der Waals surface area contributed by atoms with Crippen LogP contribution in [0.1, 0.15) is 15.9 Å². The van der Waals surface area contributed by atoms with Crippen LogP contribution in [0.15, 0.2) is 24.3 Å². The summed E-state index contributed by atoms with van der Waals surface area (Å²) in [7, 11) is 1.28. The summed E-state index contributed by atoms with van der Waals surface area (Å²) in [6.45, 7) is 0. The van der Waals surface area contributed by atoms with Crippen molar-refractivity contribution in [3.05, 3.63) is 35.4 Å². The minimum Gasteiger partial charge on any atom is -0.453 e. The molecule has 0 heterocycles. The third-order valence-corrected chi connectivity index (χ3v) is 2.50. The first-order chi connectivity index (χ1) is 7.22. The van der Waals surface area contributed by atoms with Crippen LogP contribution >= 0.6 is 0 Å².